The molecule has 6 nitrogen and oxygen atoms in total. The van der Waals surface area contributed by atoms with Crippen LogP contribution in [-0.2, 0) is 14.3 Å². The summed E-state index contributed by atoms with van der Waals surface area (Å²) in [7, 11) is 0. The van der Waals surface area contributed by atoms with Crippen molar-refractivity contribution in [2.24, 2.45) is 0 Å². The Kier molecular flexibility index (Phi) is 57.5. The third kappa shape index (κ3) is 55.5. The Balaban J connectivity index is 3.43. The van der Waals surface area contributed by atoms with E-state index in [2.05, 4.69) is 31.3 Å². The topological polar surface area (TPSA) is 95.9 Å². The number of aliphatic hydroxyl groups excluding tert-OH is 2. The zero-order chi connectivity index (χ0) is 50.0. The molecule has 0 aromatic heterocycles. The van der Waals surface area contributed by atoms with Gasteiger partial charge >= 0.3 is 5.97 Å². The van der Waals surface area contributed by atoms with E-state index in [9.17, 15) is 19.8 Å². The van der Waals surface area contributed by atoms with Gasteiger partial charge in [-0.2, -0.15) is 0 Å². The Morgan fingerprint density at radius 3 is 1.03 bits per heavy atom. The maximum Gasteiger partial charge on any atom is 0.305 e. The van der Waals surface area contributed by atoms with E-state index in [0.717, 1.165) is 57.8 Å². The van der Waals surface area contributed by atoms with Crippen LogP contribution in [0.15, 0.2) is 24.3 Å². The lowest BCUT2D eigenvalue weighted by atomic mass is 10.0. The monoisotopic (exact) mass is 972 g/mol. The average Bonchev–Trinajstić information content (AvgIpc) is 3.35. The van der Waals surface area contributed by atoms with E-state index in [-0.39, 0.29) is 18.5 Å². The second-order valence-electron chi connectivity index (χ2n) is 21.4. The Morgan fingerprint density at radius 2 is 0.681 bits per heavy atom. The van der Waals surface area contributed by atoms with Gasteiger partial charge in [-0.25, -0.2) is 0 Å². The number of carbonyl (C=O) groups is 2. The van der Waals surface area contributed by atoms with Crippen LogP contribution in [0.5, 0.6) is 0 Å². The minimum absolute atomic E-state index is 0.00723. The third-order valence-electron chi connectivity index (χ3n) is 14.5. The predicted molar refractivity (Wildman–Crippen MR) is 301 cm³/mol. The molecule has 0 spiro atoms. The molecule has 0 fully saturated rings. The van der Waals surface area contributed by atoms with Crippen molar-refractivity contribution in [1.29, 1.82) is 0 Å². The van der Waals surface area contributed by atoms with E-state index in [1.165, 1.54) is 257 Å². The number of allylic oxidation sites excluding steroid dienone is 3. The Bertz CT molecular complexity index is 1080. The largest absolute Gasteiger partial charge is 0.466 e. The van der Waals surface area contributed by atoms with E-state index in [4.69, 9.17) is 4.74 Å². The van der Waals surface area contributed by atoms with Gasteiger partial charge < -0.3 is 20.3 Å². The van der Waals surface area contributed by atoms with Crippen molar-refractivity contribution in [2.75, 3.05) is 13.2 Å². The molecule has 0 aromatic carbocycles. The number of ether oxygens (including phenoxy) is 1. The van der Waals surface area contributed by atoms with Gasteiger partial charge in [-0.3, -0.25) is 9.59 Å². The molecule has 0 aliphatic rings. The van der Waals surface area contributed by atoms with Crippen LogP contribution in [0.2, 0.25) is 0 Å². The van der Waals surface area contributed by atoms with Gasteiger partial charge in [-0.15, -0.1) is 0 Å². The maximum atomic E-state index is 12.5. The lowest BCUT2D eigenvalue weighted by molar-refractivity contribution is -0.143. The highest BCUT2D eigenvalue weighted by Gasteiger charge is 2.18. The van der Waals surface area contributed by atoms with Crippen molar-refractivity contribution in [3.05, 3.63) is 24.3 Å². The van der Waals surface area contributed by atoms with Gasteiger partial charge in [-0.05, 0) is 57.8 Å². The summed E-state index contributed by atoms with van der Waals surface area (Å²) in [6, 6.07) is -0.637. The van der Waals surface area contributed by atoms with Gasteiger partial charge in [0.25, 0.3) is 0 Å². The van der Waals surface area contributed by atoms with Crippen LogP contribution in [0, 0.1) is 0 Å². The second kappa shape index (κ2) is 58.9. The Hall–Kier alpha value is -1.66. The first-order chi connectivity index (χ1) is 34.0. The summed E-state index contributed by atoms with van der Waals surface area (Å²) in [6.07, 6.45) is 72.1. The van der Waals surface area contributed by atoms with E-state index >= 15 is 0 Å². The molecule has 69 heavy (non-hydrogen) atoms. The van der Waals surface area contributed by atoms with Crippen LogP contribution in [0.1, 0.15) is 341 Å². The summed E-state index contributed by atoms with van der Waals surface area (Å²) >= 11 is 0. The molecule has 408 valence electrons. The van der Waals surface area contributed by atoms with Crippen molar-refractivity contribution in [1.82, 2.24) is 5.32 Å². The van der Waals surface area contributed by atoms with E-state index in [1.54, 1.807) is 6.08 Å². The molecular weight excluding hydrogens is 851 g/mol. The highest BCUT2D eigenvalue weighted by molar-refractivity contribution is 5.76. The Labute approximate surface area is 431 Å². The molecule has 0 rings (SSSR count). The van der Waals surface area contributed by atoms with Crippen LogP contribution in [0.3, 0.4) is 0 Å². The number of hydrogen-bond donors (Lipinski definition) is 3. The number of nitrogens with one attached hydrogen (secondary N) is 1. The van der Waals surface area contributed by atoms with Crippen LogP contribution in [-0.4, -0.2) is 47.4 Å². The molecule has 1 amide bonds. The molecule has 2 unspecified atom stereocenters. The van der Waals surface area contributed by atoms with Crippen molar-refractivity contribution < 1.29 is 24.5 Å². The molecule has 0 aliphatic heterocycles. The van der Waals surface area contributed by atoms with Gasteiger partial charge in [0.1, 0.15) is 0 Å². The average molecular weight is 973 g/mol. The van der Waals surface area contributed by atoms with E-state index in [1.807, 2.05) is 6.08 Å². The standard InChI is InChI=1S/C63H121NO5/c1-3-5-7-9-11-13-15-17-19-20-21-25-29-33-37-41-45-49-53-57-63(68)69-58-54-50-46-42-38-34-30-26-23-22-24-28-32-36-40-44-48-52-56-62(67)64-60(59-65)61(66)55-51-47-43-39-35-31-27-18-16-14-12-10-8-6-4-2/h24,28,51,55,60-61,65-66H,3-23,25-27,29-50,52-54,56-59H2,1-2H3,(H,64,67)/b28-24-,55-51+. The smallest absolute Gasteiger partial charge is 0.305 e. The van der Waals surface area contributed by atoms with Gasteiger partial charge in [-0.1, -0.05) is 295 Å². The summed E-state index contributed by atoms with van der Waals surface area (Å²) in [5.74, 6) is -0.0734. The number of amides is 1. The summed E-state index contributed by atoms with van der Waals surface area (Å²) < 4.78 is 5.50. The molecule has 0 bridgehead atoms. The van der Waals surface area contributed by atoms with Gasteiger partial charge in [0.05, 0.1) is 25.4 Å². The number of aliphatic hydroxyl groups is 2. The minimum atomic E-state index is -0.852. The number of unbranched alkanes of at least 4 members (excludes halogenated alkanes) is 45. The summed E-state index contributed by atoms with van der Waals surface area (Å²) in [4.78, 5) is 24.6. The fourth-order valence-corrected chi connectivity index (χ4v) is 9.69. The first-order valence-electron chi connectivity index (χ1n) is 31.1. The fraction of sp³-hybridized carbons (Fsp3) is 0.905. The molecule has 0 aromatic rings. The van der Waals surface area contributed by atoms with Crippen LogP contribution in [0.25, 0.3) is 0 Å². The SMILES string of the molecule is CCCCCCCCCCCCCCC/C=C/C(O)C(CO)NC(=O)CCCCCCC/C=C\CCCCCCCCCCCOC(=O)CCCCCCCCCCCCCCCCCCCCC. The Morgan fingerprint density at radius 1 is 0.391 bits per heavy atom. The van der Waals surface area contributed by atoms with Crippen molar-refractivity contribution in [3.8, 4) is 0 Å². The zero-order valence-corrected chi connectivity index (χ0v) is 46.6. The van der Waals surface area contributed by atoms with Crippen molar-refractivity contribution in [2.45, 2.75) is 353 Å². The molecule has 2 atom stereocenters. The van der Waals surface area contributed by atoms with Crippen LogP contribution < -0.4 is 5.32 Å². The van der Waals surface area contributed by atoms with Crippen molar-refractivity contribution >= 4 is 11.9 Å². The number of esters is 1. The lowest BCUT2D eigenvalue weighted by Gasteiger charge is -2.20. The fourth-order valence-electron chi connectivity index (χ4n) is 9.69. The lowest BCUT2D eigenvalue weighted by Crippen LogP contribution is -2.45. The van der Waals surface area contributed by atoms with Crippen molar-refractivity contribution in [3.63, 3.8) is 0 Å². The first kappa shape index (κ1) is 67.3. The minimum Gasteiger partial charge on any atom is -0.466 e. The molecule has 0 aliphatic carbocycles. The van der Waals surface area contributed by atoms with E-state index < -0.39 is 12.1 Å². The molecule has 0 saturated heterocycles. The maximum absolute atomic E-state index is 12.5. The van der Waals surface area contributed by atoms with Gasteiger partial charge in [0.15, 0.2) is 0 Å². The summed E-state index contributed by atoms with van der Waals surface area (Å²) in [5.41, 5.74) is 0. The molecule has 0 heterocycles. The van der Waals surface area contributed by atoms with Crippen LogP contribution in [0.4, 0.5) is 0 Å². The molecule has 0 radical (unpaired) electrons. The normalized spacial score (nSPS) is 12.7. The zero-order valence-electron chi connectivity index (χ0n) is 46.6. The van der Waals surface area contributed by atoms with Gasteiger partial charge in [0.2, 0.25) is 5.91 Å². The molecular formula is C63H121NO5. The first-order valence-corrected chi connectivity index (χ1v) is 31.1. The third-order valence-corrected chi connectivity index (χ3v) is 14.5. The molecule has 0 saturated carbocycles. The summed E-state index contributed by atoms with van der Waals surface area (Å²) in [6.45, 7) is 4.91. The highest BCUT2D eigenvalue weighted by atomic mass is 16.5. The highest BCUT2D eigenvalue weighted by Crippen LogP contribution is 2.17. The molecule has 3 N–H and O–H groups in total. The van der Waals surface area contributed by atoms with Gasteiger partial charge in [0, 0.05) is 12.8 Å². The number of rotatable bonds is 58. The summed E-state index contributed by atoms with van der Waals surface area (Å²) in [5, 5.41) is 23.1. The quantitative estimate of drug-likeness (QED) is 0.0321. The van der Waals surface area contributed by atoms with E-state index in [0.29, 0.717) is 19.4 Å². The molecule has 6 heteroatoms. The second-order valence-corrected chi connectivity index (χ2v) is 21.4. The van der Waals surface area contributed by atoms with Crippen LogP contribution >= 0.6 is 0 Å². The number of hydrogen-bond acceptors (Lipinski definition) is 5. The number of carbonyl (C=O) groups excluding carboxylic acids is 2. The predicted octanol–water partition coefficient (Wildman–Crippen LogP) is 19.4.